The van der Waals surface area contributed by atoms with Gasteiger partial charge in [0.1, 0.15) is 5.75 Å². The summed E-state index contributed by atoms with van der Waals surface area (Å²) in [6.45, 7) is 4.03. The van der Waals surface area contributed by atoms with Crippen molar-refractivity contribution in [2.45, 2.75) is 46.0 Å². The van der Waals surface area contributed by atoms with Gasteiger partial charge in [0.15, 0.2) is 16.8 Å². The van der Waals surface area contributed by atoms with E-state index in [0.717, 1.165) is 18.4 Å². The first-order chi connectivity index (χ1) is 17.0. The Balaban J connectivity index is 1.48. The molecule has 0 radical (unpaired) electrons. The lowest BCUT2D eigenvalue weighted by Crippen LogP contribution is -2.13. The summed E-state index contributed by atoms with van der Waals surface area (Å²) in [7, 11) is 0. The highest BCUT2D eigenvalue weighted by Crippen LogP contribution is 2.27. The van der Waals surface area contributed by atoms with Crippen LogP contribution in [0.2, 0.25) is 0 Å². The molecule has 0 unspecified atom stereocenters. The van der Waals surface area contributed by atoms with E-state index in [1.54, 1.807) is 42.7 Å². The predicted octanol–water partition coefficient (Wildman–Crippen LogP) is 5.40. The molecule has 0 spiro atoms. The predicted molar refractivity (Wildman–Crippen MR) is 133 cm³/mol. The van der Waals surface area contributed by atoms with Gasteiger partial charge < -0.3 is 14.5 Å². The maximum absolute atomic E-state index is 12.9. The number of anilines is 1. The van der Waals surface area contributed by atoms with Crippen LogP contribution in [0.5, 0.6) is 5.75 Å². The van der Waals surface area contributed by atoms with Gasteiger partial charge in [-0.3, -0.25) is 9.59 Å². The smallest absolute Gasteiger partial charge is 0.255 e. The van der Waals surface area contributed by atoms with Gasteiger partial charge >= 0.3 is 0 Å². The number of carbonyl (C=O) groups excluding carboxylic acids is 1. The summed E-state index contributed by atoms with van der Waals surface area (Å²) in [5.74, 6) is 0.687. The number of amides is 1. The number of allylic oxidation sites excluding steroid dienone is 1. The first kappa shape index (κ1) is 23.9. The number of nitrogens with zero attached hydrogens (tertiary/aromatic N) is 3. The summed E-state index contributed by atoms with van der Waals surface area (Å²) in [5.41, 5.74) is 1.60. The minimum Gasteiger partial charge on any atom is -0.465 e. The molecule has 0 bridgehead atoms. The lowest BCUT2D eigenvalue weighted by atomic mass is 10.1. The molecule has 1 amide bonds. The number of aromatic amines is 1. The third-order valence-electron chi connectivity index (χ3n) is 5.44. The highest BCUT2D eigenvalue weighted by atomic mass is 16.5. The van der Waals surface area contributed by atoms with Crippen LogP contribution in [-0.4, -0.2) is 26.5 Å². The van der Waals surface area contributed by atoms with Gasteiger partial charge in [-0.05, 0) is 78.2 Å². The molecule has 180 valence electrons. The van der Waals surface area contributed by atoms with Crippen LogP contribution in [0, 0.1) is 6.92 Å². The summed E-state index contributed by atoms with van der Waals surface area (Å²) in [6, 6.07) is 11.6. The number of tetrazole rings is 1. The molecule has 2 N–H and O–H groups in total. The number of rotatable bonds is 10. The van der Waals surface area contributed by atoms with E-state index in [4.69, 9.17) is 9.15 Å². The maximum Gasteiger partial charge on any atom is 0.255 e. The summed E-state index contributed by atoms with van der Waals surface area (Å²) >= 11 is 0. The van der Waals surface area contributed by atoms with Crippen molar-refractivity contribution < 1.29 is 13.9 Å². The van der Waals surface area contributed by atoms with Gasteiger partial charge in [-0.2, -0.15) is 0 Å². The molecule has 2 aromatic carbocycles. The minimum absolute atomic E-state index is 0.173. The highest BCUT2D eigenvalue weighted by Gasteiger charge is 2.16. The molecule has 0 fully saturated rings. The van der Waals surface area contributed by atoms with Gasteiger partial charge in [-0.15, -0.1) is 5.10 Å². The molecule has 2 aromatic heterocycles. The van der Waals surface area contributed by atoms with Crippen LogP contribution in [0.25, 0.3) is 22.6 Å². The molecule has 0 atom stereocenters. The molecule has 0 saturated heterocycles. The monoisotopic (exact) mass is 473 g/mol. The van der Waals surface area contributed by atoms with Crippen molar-refractivity contribution in [1.29, 1.82) is 0 Å². The Morgan fingerprint density at radius 1 is 1.14 bits per heavy atom. The van der Waals surface area contributed by atoms with Crippen molar-refractivity contribution in [2.75, 3.05) is 5.32 Å². The quantitative estimate of drug-likeness (QED) is 0.234. The number of fused-ring (bicyclic) bond motifs is 1. The Morgan fingerprint density at radius 2 is 1.97 bits per heavy atom. The molecule has 0 aliphatic rings. The second-order valence-corrected chi connectivity index (χ2v) is 8.23. The molecule has 4 rings (SSSR count). The van der Waals surface area contributed by atoms with Crippen LogP contribution in [0.4, 0.5) is 5.69 Å². The van der Waals surface area contributed by atoms with Gasteiger partial charge in [0.05, 0.1) is 17.3 Å². The topological polar surface area (TPSA) is 123 Å². The number of nitrogens with one attached hydrogen (secondary N) is 2. The van der Waals surface area contributed by atoms with Gasteiger partial charge in [0.2, 0.25) is 5.82 Å². The van der Waals surface area contributed by atoms with Crippen molar-refractivity contribution in [3.05, 3.63) is 76.2 Å². The molecule has 9 heteroatoms. The lowest BCUT2D eigenvalue weighted by Gasteiger charge is -2.10. The standard InChI is InChI=1S/C26H27N5O4/c1-3-4-5-6-7-8-13-34-19-11-9-18(10-12-19)26(33)27-21-15-17(2)14-20-22(32)16-23(35-24(20)21)25-28-30-31-29-25/h8-16H,3-7H2,1-2H3,(H,27,33)(H,28,29,30,31)/b13-8+. The Morgan fingerprint density at radius 3 is 2.71 bits per heavy atom. The molecular formula is C26H27N5O4. The number of carbonyl (C=O) groups is 1. The average molecular weight is 474 g/mol. The normalized spacial score (nSPS) is 11.3. The van der Waals surface area contributed by atoms with E-state index in [1.807, 2.05) is 13.0 Å². The number of unbranched alkanes of at least 4 members (excludes halogenated alkanes) is 4. The van der Waals surface area contributed by atoms with Crippen LogP contribution in [0.3, 0.4) is 0 Å². The van der Waals surface area contributed by atoms with Crippen LogP contribution < -0.4 is 15.5 Å². The van der Waals surface area contributed by atoms with Crippen LogP contribution in [0.15, 0.2) is 64.0 Å². The SMILES string of the molecule is CCCCCC/C=C/Oc1ccc(C(=O)Nc2cc(C)cc3c(=O)cc(-c4nnn[nH]4)oc23)cc1. The Hall–Kier alpha value is -4.27. The molecule has 0 aliphatic carbocycles. The third kappa shape index (κ3) is 6.00. The first-order valence-corrected chi connectivity index (χ1v) is 11.6. The van der Waals surface area contributed by atoms with Crippen molar-refractivity contribution in [3.8, 4) is 17.3 Å². The van der Waals surface area contributed by atoms with Gasteiger partial charge in [0.25, 0.3) is 5.91 Å². The summed E-state index contributed by atoms with van der Waals surface area (Å²) in [6.07, 6.45) is 9.52. The fraction of sp³-hybridized carbons (Fsp3) is 0.269. The van der Waals surface area contributed by atoms with Gasteiger partial charge in [0, 0.05) is 11.6 Å². The summed E-state index contributed by atoms with van der Waals surface area (Å²) < 4.78 is 11.5. The highest BCUT2D eigenvalue weighted by molar-refractivity contribution is 6.08. The molecule has 2 heterocycles. The maximum atomic E-state index is 12.9. The van der Waals surface area contributed by atoms with Crippen molar-refractivity contribution in [3.63, 3.8) is 0 Å². The van der Waals surface area contributed by atoms with Gasteiger partial charge in [-0.25, -0.2) is 5.10 Å². The van der Waals surface area contributed by atoms with Crippen LogP contribution >= 0.6 is 0 Å². The van der Waals surface area contributed by atoms with E-state index in [1.165, 1.54) is 25.3 Å². The molecule has 9 nitrogen and oxygen atoms in total. The van der Waals surface area contributed by atoms with E-state index in [-0.39, 0.29) is 28.5 Å². The Kier molecular flexibility index (Phi) is 7.67. The number of aromatic nitrogens is 4. The first-order valence-electron chi connectivity index (χ1n) is 11.6. The molecule has 35 heavy (non-hydrogen) atoms. The van der Waals surface area contributed by atoms with E-state index in [0.29, 0.717) is 22.4 Å². The largest absolute Gasteiger partial charge is 0.465 e. The van der Waals surface area contributed by atoms with Crippen LogP contribution in [0.1, 0.15) is 54.9 Å². The average Bonchev–Trinajstić information content (AvgIpc) is 3.39. The zero-order valence-electron chi connectivity index (χ0n) is 19.7. The number of H-pyrrole nitrogens is 1. The van der Waals surface area contributed by atoms with E-state index >= 15 is 0 Å². The molecule has 0 saturated carbocycles. The summed E-state index contributed by atoms with van der Waals surface area (Å²) in [5, 5.41) is 16.6. The van der Waals surface area contributed by atoms with Crippen molar-refractivity contribution >= 4 is 22.6 Å². The number of benzene rings is 2. The van der Waals surface area contributed by atoms with Crippen LogP contribution in [-0.2, 0) is 0 Å². The summed E-state index contributed by atoms with van der Waals surface area (Å²) in [4.78, 5) is 25.6. The van der Waals surface area contributed by atoms with Crippen molar-refractivity contribution in [2.24, 2.45) is 0 Å². The second kappa shape index (κ2) is 11.2. The molecular weight excluding hydrogens is 446 g/mol. The molecule has 0 aliphatic heterocycles. The minimum atomic E-state index is -0.343. The number of aryl methyl sites for hydroxylation is 1. The van der Waals surface area contributed by atoms with Gasteiger partial charge in [-0.1, -0.05) is 26.2 Å². The Labute approximate surface area is 202 Å². The van der Waals surface area contributed by atoms with E-state index < -0.39 is 0 Å². The fourth-order valence-electron chi connectivity index (χ4n) is 3.64. The second-order valence-electron chi connectivity index (χ2n) is 8.23. The number of hydrogen-bond acceptors (Lipinski definition) is 7. The zero-order chi connectivity index (χ0) is 24.6. The fourth-order valence-corrected chi connectivity index (χ4v) is 3.64. The zero-order valence-corrected chi connectivity index (χ0v) is 19.7. The lowest BCUT2D eigenvalue weighted by molar-refractivity contribution is 0.102. The number of ether oxygens (including phenoxy) is 1. The molecule has 4 aromatic rings. The van der Waals surface area contributed by atoms with Crippen molar-refractivity contribution in [1.82, 2.24) is 20.6 Å². The number of hydrogen-bond donors (Lipinski definition) is 2. The van der Waals surface area contributed by atoms with E-state index in [2.05, 4.69) is 32.9 Å². The Bertz CT molecular complexity index is 1380. The van der Waals surface area contributed by atoms with E-state index in [9.17, 15) is 9.59 Å². The third-order valence-corrected chi connectivity index (χ3v) is 5.44.